The summed E-state index contributed by atoms with van der Waals surface area (Å²) in [7, 11) is 0. The summed E-state index contributed by atoms with van der Waals surface area (Å²) < 4.78 is 5.45. The first kappa shape index (κ1) is 14.0. The summed E-state index contributed by atoms with van der Waals surface area (Å²) in [6.45, 7) is 3.06. The number of nitrogens with zero attached hydrogens (tertiary/aromatic N) is 1. The second-order valence-corrected chi connectivity index (χ2v) is 4.64. The van der Waals surface area contributed by atoms with Crippen LogP contribution in [0.15, 0.2) is 36.5 Å². The number of ether oxygens (including phenoxy) is 1. The summed E-state index contributed by atoms with van der Waals surface area (Å²) >= 11 is 12.1. The first-order valence-corrected chi connectivity index (χ1v) is 6.72. The van der Waals surface area contributed by atoms with Crippen LogP contribution < -0.4 is 10.1 Å². The Hall–Kier alpha value is -1.45. The van der Waals surface area contributed by atoms with Crippen LogP contribution in [-0.2, 0) is 6.54 Å². The Labute approximate surface area is 122 Å². The van der Waals surface area contributed by atoms with Crippen LogP contribution in [0.2, 0.25) is 10.0 Å². The van der Waals surface area contributed by atoms with E-state index in [0.29, 0.717) is 29.1 Å². The highest BCUT2D eigenvalue weighted by Gasteiger charge is 2.07. The lowest BCUT2D eigenvalue weighted by Gasteiger charge is -2.12. The highest BCUT2D eigenvalue weighted by Crippen LogP contribution is 2.27. The Morgan fingerprint density at radius 2 is 2.05 bits per heavy atom. The Kier molecular flexibility index (Phi) is 4.88. The molecule has 0 spiro atoms. The molecule has 0 fully saturated rings. The maximum absolute atomic E-state index is 6.14. The van der Waals surface area contributed by atoms with E-state index in [4.69, 9.17) is 27.9 Å². The number of aromatic nitrogens is 1. The van der Waals surface area contributed by atoms with Crippen LogP contribution in [0.1, 0.15) is 12.5 Å². The number of pyridine rings is 1. The predicted octanol–water partition coefficient (Wildman–Crippen LogP) is 4.40. The zero-order chi connectivity index (χ0) is 13.7. The molecule has 0 saturated heterocycles. The normalized spacial score (nSPS) is 10.3. The van der Waals surface area contributed by atoms with Crippen LogP contribution in [0.4, 0.5) is 5.69 Å². The van der Waals surface area contributed by atoms with Gasteiger partial charge in [0.05, 0.1) is 22.3 Å². The molecule has 5 heteroatoms. The van der Waals surface area contributed by atoms with Crippen molar-refractivity contribution >= 4 is 28.9 Å². The number of benzene rings is 1. The lowest BCUT2D eigenvalue weighted by Crippen LogP contribution is -2.04. The fraction of sp³-hybridized carbons (Fsp3) is 0.214. The zero-order valence-electron chi connectivity index (χ0n) is 10.5. The quantitative estimate of drug-likeness (QED) is 0.888. The number of hydrogen-bond acceptors (Lipinski definition) is 3. The van der Waals surface area contributed by atoms with Crippen molar-refractivity contribution in [3.8, 4) is 5.88 Å². The van der Waals surface area contributed by atoms with E-state index in [1.54, 1.807) is 12.3 Å². The molecule has 0 unspecified atom stereocenters. The minimum atomic E-state index is 0.553. The standard InChI is InChI=1S/C14H14Cl2N2O/c1-2-19-14-12(7-4-8-17-14)18-9-10-5-3-6-11(15)13(10)16/h3-8,18H,2,9H2,1H3. The van der Waals surface area contributed by atoms with Crippen LogP contribution in [0.25, 0.3) is 0 Å². The molecule has 0 bridgehead atoms. The third kappa shape index (κ3) is 3.52. The Morgan fingerprint density at radius 3 is 2.84 bits per heavy atom. The summed E-state index contributed by atoms with van der Waals surface area (Å²) in [4.78, 5) is 4.18. The molecule has 1 heterocycles. The molecule has 0 aliphatic rings. The van der Waals surface area contributed by atoms with Gasteiger partial charge in [-0.3, -0.25) is 0 Å². The lowest BCUT2D eigenvalue weighted by atomic mass is 10.2. The van der Waals surface area contributed by atoms with E-state index in [-0.39, 0.29) is 0 Å². The van der Waals surface area contributed by atoms with Crippen molar-refractivity contribution in [1.82, 2.24) is 4.98 Å². The molecular formula is C14H14Cl2N2O. The van der Waals surface area contributed by atoms with Gasteiger partial charge >= 0.3 is 0 Å². The van der Waals surface area contributed by atoms with E-state index in [2.05, 4.69) is 10.3 Å². The van der Waals surface area contributed by atoms with Gasteiger partial charge in [-0.15, -0.1) is 0 Å². The molecule has 1 aromatic carbocycles. The van der Waals surface area contributed by atoms with Gasteiger partial charge in [-0.2, -0.15) is 0 Å². The Morgan fingerprint density at radius 1 is 1.21 bits per heavy atom. The van der Waals surface area contributed by atoms with Crippen LogP contribution in [0, 0.1) is 0 Å². The molecule has 0 radical (unpaired) electrons. The molecule has 3 nitrogen and oxygen atoms in total. The zero-order valence-corrected chi connectivity index (χ0v) is 12.0. The van der Waals surface area contributed by atoms with Crippen LogP contribution in [-0.4, -0.2) is 11.6 Å². The lowest BCUT2D eigenvalue weighted by molar-refractivity contribution is 0.328. The van der Waals surface area contributed by atoms with Crippen molar-refractivity contribution in [1.29, 1.82) is 0 Å². The molecule has 0 atom stereocenters. The van der Waals surface area contributed by atoms with Gasteiger partial charge in [0.15, 0.2) is 0 Å². The van der Waals surface area contributed by atoms with Gasteiger partial charge in [-0.25, -0.2) is 4.98 Å². The van der Waals surface area contributed by atoms with Crippen molar-refractivity contribution in [2.45, 2.75) is 13.5 Å². The second kappa shape index (κ2) is 6.64. The highest BCUT2D eigenvalue weighted by atomic mass is 35.5. The summed E-state index contributed by atoms with van der Waals surface area (Å²) in [5.74, 6) is 0.586. The molecular weight excluding hydrogens is 283 g/mol. The van der Waals surface area contributed by atoms with Gasteiger partial charge in [-0.1, -0.05) is 35.3 Å². The molecule has 2 rings (SSSR count). The predicted molar refractivity (Wildman–Crippen MR) is 79.2 cm³/mol. The average Bonchev–Trinajstić information content (AvgIpc) is 2.42. The molecule has 0 saturated carbocycles. The largest absolute Gasteiger partial charge is 0.476 e. The molecule has 1 N–H and O–H groups in total. The minimum Gasteiger partial charge on any atom is -0.476 e. The smallest absolute Gasteiger partial charge is 0.237 e. The van der Waals surface area contributed by atoms with Crippen LogP contribution in [0.5, 0.6) is 5.88 Å². The van der Waals surface area contributed by atoms with Crippen molar-refractivity contribution in [3.63, 3.8) is 0 Å². The maximum atomic E-state index is 6.14. The highest BCUT2D eigenvalue weighted by molar-refractivity contribution is 6.42. The summed E-state index contributed by atoms with van der Waals surface area (Å²) in [6.07, 6.45) is 1.70. The third-order valence-electron chi connectivity index (χ3n) is 2.55. The van der Waals surface area contributed by atoms with Gasteiger partial charge in [0.1, 0.15) is 0 Å². The van der Waals surface area contributed by atoms with E-state index in [0.717, 1.165) is 11.3 Å². The third-order valence-corrected chi connectivity index (χ3v) is 3.41. The fourth-order valence-corrected chi connectivity index (χ4v) is 2.04. The van der Waals surface area contributed by atoms with Crippen LogP contribution >= 0.6 is 23.2 Å². The van der Waals surface area contributed by atoms with E-state index in [1.165, 1.54) is 0 Å². The molecule has 100 valence electrons. The fourth-order valence-electron chi connectivity index (χ4n) is 1.65. The van der Waals surface area contributed by atoms with Gasteiger partial charge in [-0.05, 0) is 30.7 Å². The van der Waals surface area contributed by atoms with Gasteiger partial charge in [0.25, 0.3) is 0 Å². The van der Waals surface area contributed by atoms with E-state index in [9.17, 15) is 0 Å². The van der Waals surface area contributed by atoms with Crippen LogP contribution in [0.3, 0.4) is 0 Å². The first-order chi connectivity index (χ1) is 9.22. The summed E-state index contributed by atoms with van der Waals surface area (Å²) in [5.41, 5.74) is 1.76. The summed E-state index contributed by atoms with van der Waals surface area (Å²) in [5, 5.41) is 4.37. The number of nitrogens with one attached hydrogen (secondary N) is 1. The number of halogens is 2. The van der Waals surface area contributed by atoms with Crippen molar-refractivity contribution in [2.75, 3.05) is 11.9 Å². The number of anilines is 1. The van der Waals surface area contributed by atoms with E-state index < -0.39 is 0 Å². The van der Waals surface area contributed by atoms with Crippen molar-refractivity contribution in [2.24, 2.45) is 0 Å². The molecule has 0 aliphatic carbocycles. The van der Waals surface area contributed by atoms with Crippen molar-refractivity contribution < 1.29 is 4.74 Å². The molecule has 2 aromatic rings. The molecule has 19 heavy (non-hydrogen) atoms. The van der Waals surface area contributed by atoms with E-state index >= 15 is 0 Å². The Balaban J connectivity index is 2.12. The molecule has 0 aliphatic heterocycles. The SMILES string of the molecule is CCOc1ncccc1NCc1cccc(Cl)c1Cl. The van der Waals surface area contributed by atoms with Crippen molar-refractivity contribution in [3.05, 3.63) is 52.1 Å². The van der Waals surface area contributed by atoms with Gasteiger partial charge in [0.2, 0.25) is 5.88 Å². The number of rotatable bonds is 5. The number of hydrogen-bond donors (Lipinski definition) is 1. The Bertz CT molecular complexity index is 561. The molecule has 1 aromatic heterocycles. The maximum Gasteiger partial charge on any atom is 0.237 e. The second-order valence-electron chi connectivity index (χ2n) is 3.86. The van der Waals surface area contributed by atoms with Gasteiger partial charge in [0, 0.05) is 12.7 Å². The monoisotopic (exact) mass is 296 g/mol. The molecule has 0 amide bonds. The van der Waals surface area contributed by atoms with Gasteiger partial charge < -0.3 is 10.1 Å². The topological polar surface area (TPSA) is 34.1 Å². The minimum absolute atomic E-state index is 0.553. The van der Waals surface area contributed by atoms with E-state index in [1.807, 2.05) is 31.2 Å². The summed E-state index contributed by atoms with van der Waals surface area (Å²) in [6, 6.07) is 9.33. The average molecular weight is 297 g/mol. The first-order valence-electron chi connectivity index (χ1n) is 5.97.